The van der Waals surface area contributed by atoms with E-state index in [9.17, 15) is 4.79 Å². The first-order valence-corrected chi connectivity index (χ1v) is 12.1. The first-order valence-electron chi connectivity index (χ1n) is 12.1. The summed E-state index contributed by atoms with van der Waals surface area (Å²) < 4.78 is 6.96. The molecule has 4 aromatic rings. The number of piperazine rings is 1. The van der Waals surface area contributed by atoms with Gasteiger partial charge in [0, 0.05) is 51.2 Å². The van der Waals surface area contributed by atoms with Crippen molar-refractivity contribution in [1.29, 1.82) is 0 Å². The maximum atomic E-state index is 13.1. The summed E-state index contributed by atoms with van der Waals surface area (Å²) in [5.74, 6) is 1.17. The summed E-state index contributed by atoms with van der Waals surface area (Å²) in [6, 6.07) is -0.268. The minimum Gasteiger partial charge on any atom is -0.478 e. The highest BCUT2D eigenvalue weighted by molar-refractivity contribution is 6.03. The Hall–Kier alpha value is -4.10. The minimum absolute atomic E-state index is 0.101. The number of ether oxygens (including phenoxy) is 1. The number of H-pyrrole nitrogens is 1. The molecule has 194 valence electrons. The van der Waals surface area contributed by atoms with Gasteiger partial charge in [-0.05, 0) is 26.5 Å². The first kappa shape index (κ1) is 24.6. The number of amides is 1. The summed E-state index contributed by atoms with van der Waals surface area (Å²) in [6.45, 7) is 7.45. The van der Waals surface area contributed by atoms with Gasteiger partial charge in [0.25, 0.3) is 5.88 Å². The molecule has 0 saturated carbocycles. The van der Waals surface area contributed by atoms with Gasteiger partial charge in [0.2, 0.25) is 11.9 Å². The Labute approximate surface area is 214 Å². The van der Waals surface area contributed by atoms with E-state index in [1.54, 1.807) is 24.2 Å². The number of nitrogens with zero attached hydrogens (tertiary/aromatic N) is 8. The molecule has 4 aromatic heterocycles. The van der Waals surface area contributed by atoms with E-state index in [0.717, 1.165) is 37.3 Å². The Balaban J connectivity index is 1.40. The molecule has 5 rings (SSSR count). The molecule has 1 aliphatic heterocycles. The first-order chi connectivity index (χ1) is 17.8. The lowest BCUT2D eigenvalue weighted by atomic mass is 10.1. The van der Waals surface area contributed by atoms with Crippen molar-refractivity contribution >= 4 is 34.4 Å². The standard InChI is InChI=1S/C24H31N11O2/c1-14-10-26-24(29-17-12-34(4)32-23(17)37-5)30-18(14)16-11-25-20-19(16)27-13-28-21(20)31-22(36)15(2)35-8-6-33(3)7-9-35/h10-13,15,25H,6-9H2,1-5H3,(H,26,29,30)(H,27,28,31,36)/t15-/m1/s1. The lowest BCUT2D eigenvalue weighted by Gasteiger charge is -2.35. The van der Waals surface area contributed by atoms with Gasteiger partial charge in [-0.2, -0.15) is 0 Å². The monoisotopic (exact) mass is 505 g/mol. The molecule has 0 bridgehead atoms. The number of anilines is 3. The van der Waals surface area contributed by atoms with Crippen LogP contribution < -0.4 is 15.4 Å². The third-order valence-electron chi connectivity index (χ3n) is 6.63. The number of carbonyl (C=O) groups is 1. The number of methoxy groups -OCH3 is 1. The Morgan fingerprint density at radius 3 is 2.70 bits per heavy atom. The van der Waals surface area contributed by atoms with E-state index >= 15 is 0 Å². The van der Waals surface area contributed by atoms with Crippen molar-refractivity contribution in [2.24, 2.45) is 7.05 Å². The molecule has 0 radical (unpaired) electrons. The second-order valence-corrected chi connectivity index (χ2v) is 9.23. The number of hydrogen-bond acceptors (Lipinski definition) is 10. The number of rotatable bonds is 7. The molecule has 1 amide bonds. The fraction of sp³-hybridized carbons (Fsp3) is 0.417. The highest BCUT2D eigenvalue weighted by Crippen LogP contribution is 2.32. The second kappa shape index (κ2) is 10.1. The summed E-state index contributed by atoms with van der Waals surface area (Å²) >= 11 is 0. The van der Waals surface area contributed by atoms with Crippen LogP contribution in [0.1, 0.15) is 12.5 Å². The summed E-state index contributed by atoms with van der Waals surface area (Å²) in [7, 11) is 5.46. The van der Waals surface area contributed by atoms with Crippen LogP contribution in [-0.4, -0.2) is 96.8 Å². The molecule has 3 N–H and O–H groups in total. The topological polar surface area (TPSA) is 142 Å². The zero-order chi connectivity index (χ0) is 26.1. The molecule has 1 aliphatic rings. The molecule has 1 fully saturated rings. The fourth-order valence-electron chi connectivity index (χ4n) is 4.41. The van der Waals surface area contributed by atoms with E-state index in [1.807, 2.05) is 27.1 Å². The normalized spacial score (nSPS) is 15.6. The van der Waals surface area contributed by atoms with Crippen LogP contribution in [0.3, 0.4) is 0 Å². The predicted molar refractivity (Wildman–Crippen MR) is 140 cm³/mol. The van der Waals surface area contributed by atoms with Crippen LogP contribution in [-0.2, 0) is 11.8 Å². The van der Waals surface area contributed by atoms with Crippen LogP contribution >= 0.6 is 0 Å². The van der Waals surface area contributed by atoms with Gasteiger partial charge in [-0.1, -0.05) is 0 Å². The van der Waals surface area contributed by atoms with Gasteiger partial charge in [0.1, 0.15) is 23.0 Å². The molecular weight excluding hydrogens is 474 g/mol. The molecule has 13 heteroatoms. The SMILES string of the molecule is COc1nn(C)cc1Nc1ncc(C)c(-c2c[nH]c3c(NC(=O)[C@@H](C)N4CCN(C)CC4)ncnc23)n1. The zero-order valence-corrected chi connectivity index (χ0v) is 21.6. The van der Waals surface area contributed by atoms with Gasteiger partial charge in [-0.3, -0.25) is 14.4 Å². The quantitative estimate of drug-likeness (QED) is 0.340. The Morgan fingerprint density at radius 1 is 1.16 bits per heavy atom. The molecule has 0 aromatic carbocycles. The molecule has 5 heterocycles. The summed E-state index contributed by atoms with van der Waals surface area (Å²) in [5.41, 5.74) is 4.30. The molecular formula is C24H31N11O2. The molecule has 0 spiro atoms. The number of carbonyl (C=O) groups excluding carboxylic acids is 1. The zero-order valence-electron chi connectivity index (χ0n) is 21.6. The van der Waals surface area contributed by atoms with Crippen LogP contribution in [0.4, 0.5) is 17.5 Å². The number of hydrogen-bond donors (Lipinski definition) is 3. The van der Waals surface area contributed by atoms with Gasteiger partial charge < -0.3 is 25.3 Å². The Morgan fingerprint density at radius 2 is 1.95 bits per heavy atom. The lowest BCUT2D eigenvalue weighted by molar-refractivity contribution is -0.121. The van der Waals surface area contributed by atoms with Gasteiger partial charge in [-0.15, -0.1) is 5.10 Å². The summed E-state index contributed by atoms with van der Waals surface area (Å²) in [6.07, 6.45) is 6.81. The second-order valence-electron chi connectivity index (χ2n) is 9.23. The average Bonchev–Trinajstić information content (AvgIpc) is 3.48. The highest BCUT2D eigenvalue weighted by atomic mass is 16.5. The molecule has 37 heavy (non-hydrogen) atoms. The van der Waals surface area contributed by atoms with E-state index in [0.29, 0.717) is 40.1 Å². The number of aryl methyl sites for hydroxylation is 2. The van der Waals surface area contributed by atoms with Crippen molar-refractivity contribution in [3.05, 3.63) is 30.5 Å². The molecule has 0 unspecified atom stereocenters. The van der Waals surface area contributed by atoms with Crippen LogP contribution in [0.2, 0.25) is 0 Å². The van der Waals surface area contributed by atoms with Gasteiger partial charge in [0.15, 0.2) is 5.82 Å². The average molecular weight is 506 g/mol. The third-order valence-corrected chi connectivity index (χ3v) is 6.63. The lowest BCUT2D eigenvalue weighted by Crippen LogP contribution is -2.51. The highest BCUT2D eigenvalue weighted by Gasteiger charge is 2.26. The number of fused-ring (bicyclic) bond motifs is 1. The molecule has 13 nitrogen and oxygen atoms in total. The largest absolute Gasteiger partial charge is 0.478 e. The third kappa shape index (κ3) is 4.95. The number of aromatic amines is 1. The molecule has 1 saturated heterocycles. The van der Waals surface area contributed by atoms with E-state index < -0.39 is 0 Å². The minimum atomic E-state index is -0.268. The van der Waals surface area contributed by atoms with E-state index in [1.165, 1.54) is 6.33 Å². The van der Waals surface area contributed by atoms with Crippen molar-refractivity contribution < 1.29 is 9.53 Å². The predicted octanol–water partition coefficient (Wildman–Crippen LogP) is 1.78. The molecule has 0 aliphatic carbocycles. The Kier molecular flexibility index (Phi) is 6.72. The van der Waals surface area contributed by atoms with Crippen molar-refractivity contribution in [1.82, 2.24) is 44.5 Å². The van der Waals surface area contributed by atoms with Crippen molar-refractivity contribution in [2.45, 2.75) is 19.9 Å². The molecule has 1 atom stereocenters. The maximum Gasteiger partial charge on any atom is 0.256 e. The summed E-state index contributed by atoms with van der Waals surface area (Å²) in [4.78, 5) is 38.7. The fourth-order valence-corrected chi connectivity index (χ4v) is 4.41. The summed E-state index contributed by atoms with van der Waals surface area (Å²) in [5, 5.41) is 10.4. The van der Waals surface area contributed by atoms with Gasteiger partial charge in [0.05, 0.1) is 25.0 Å². The van der Waals surface area contributed by atoms with E-state index in [-0.39, 0.29) is 11.9 Å². The van der Waals surface area contributed by atoms with Crippen molar-refractivity contribution in [2.75, 3.05) is 51.0 Å². The van der Waals surface area contributed by atoms with Gasteiger partial charge in [-0.25, -0.2) is 19.9 Å². The van der Waals surface area contributed by atoms with E-state index in [4.69, 9.17) is 9.72 Å². The number of aromatic nitrogens is 7. The van der Waals surface area contributed by atoms with Crippen LogP contribution in [0.5, 0.6) is 5.88 Å². The van der Waals surface area contributed by atoms with Crippen LogP contribution in [0.15, 0.2) is 24.9 Å². The smallest absolute Gasteiger partial charge is 0.256 e. The van der Waals surface area contributed by atoms with Crippen molar-refractivity contribution in [3.8, 4) is 17.1 Å². The van der Waals surface area contributed by atoms with Crippen LogP contribution in [0, 0.1) is 6.92 Å². The maximum absolute atomic E-state index is 13.1. The number of likely N-dealkylation sites (N-methyl/N-ethyl adjacent to an activating group) is 1. The van der Waals surface area contributed by atoms with Crippen molar-refractivity contribution in [3.63, 3.8) is 0 Å². The number of nitrogens with one attached hydrogen (secondary N) is 3. The van der Waals surface area contributed by atoms with Gasteiger partial charge >= 0.3 is 0 Å². The van der Waals surface area contributed by atoms with Crippen LogP contribution in [0.25, 0.3) is 22.3 Å². The Bertz CT molecular complexity index is 1420. The van der Waals surface area contributed by atoms with E-state index in [2.05, 4.69) is 52.5 Å².